The summed E-state index contributed by atoms with van der Waals surface area (Å²) < 4.78 is 15.8. The predicted octanol–water partition coefficient (Wildman–Crippen LogP) is 5.47. The van der Waals surface area contributed by atoms with Gasteiger partial charge in [-0.2, -0.15) is 0 Å². The van der Waals surface area contributed by atoms with Gasteiger partial charge in [-0.25, -0.2) is 4.79 Å². The molecule has 3 aromatic carbocycles. The van der Waals surface area contributed by atoms with E-state index in [0.717, 1.165) is 5.56 Å². The molecule has 0 saturated heterocycles. The summed E-state index contributed by atoms with van der Waals surface area (Å²) in [5, 5.41) is 0.578. The summed E-state index contributed by atoms with van der Waals surface area (Å²) in [6.45, 7) is 0. The number of ketones is 1. The molecule has 0 atom stereocenters. The van der Waals surface area contributed by atoms with E-state index >= 15 is 0 Å². The monoisotopic (exact) mass is 422 g/mol. The maximum atomic E-state index is 12.4. The highest BCUT2D eigenvalue weighted by atomic mass is 35.5. The van der Waals surface area contributed by atoms with E-state index in [9.17, 15) is 9.59 Å². The standard InChI is InChI=1S/C24H19ClO5/c1-28-22-14-8-18(15-23(22)29-2)24(27)30-20-11-3-16(4-12-20)5-13-21(26)17-6-9-19(25)10-7-17/h3-15H,1-2H3/b13-5+. The Morgan fingerprint density at radius 3 is 2.07 bits per heavy atom. The van der Waals surface area contributed by atoms with E-state index in [2.05, 4.69) is 0 Å². The summed E-state index contributed by atoms with van der Waals surface area (Å²) in [4.78, 5) is 24.6. The van der Waals surface area contributed by atoms with Gasteiger partial charge in [0.15, 0.2) is 17.3 Å². The summed E-state index contributed by atoms with van der Waals surface area (Å²) in [5.74, 6) is 0.708. The minimum atomic E-state index is -0.517. The van der Waals surface area contributed by atoms with Gasteiger partial charge in [-0.3, -0.25) is 4.79 Å². The van der Waals surface area contributed by atoms with Gasteiger partial charge in [0.05, 0.1) is 19.8 Å². The first-order chi connectivity index (χ1) is 14.5. The van der Waals surface area contributed by atoms with E-state index in [1.165, 1.54) is 20.3 Å². The molecule has 3 rings (SSSR count). The van der Waals surface area contributed by atoms with Crippen LogP contribution in [0.5, 0.6) is 17.2 Å². The van der Waals surface area contributed by atoms with Crippen molar-refractivity contribution in [2.75, 3.05) is 14.2 Å². The lowest BCUT2D eigenvalue weighted by atomic mass is 10.1. The number of hydrogen-bond donors (Lipinski definition) is 0. The Morgan fingerprint density at radius 2 is 1.43 bits per heavy atom. The van der Waals surface area contributed by atoms with Crippen LogP contribution in [-0.4, -0.2) is 26.0 Å². The van der Waals surface area contributed by atoms with E-state index in [0.29, 0.717) is 33.4 Å². The van der Waals surface area contributed by atoms with Crippen LogP contribution in [0.15, 0.2) is 72.8 Å². The summed E-state index contributed by atoms with van der Waals surface area (Å²) >= 11 is 5.83. The van der Waals surface area contributed by atoms with Crippen LogP contribution in [0.3, 0.4) is 0 Å². The number of benzene rings is 3. The van der Waals surface area contributed by atoms with Gasteiger partial charge in [-0.15, -0.1) is 0 Å². The Bertz CT molecular complexity index is 1070. The van der Waals surface area contributed by atoms with Crippen LogP contribution in [0.25, 0.3) is 6.08 Å². The van der Waals surface area contributed by atoms with Gasteiger partial charge in [0, 0.05) is 10.6 Å². The van der Waals surface area contributed by atoms with Gasteiger partial charge >= 0.3 is 5.97 Å². The molecule has 0 saturated carbocycles. The maximum Gasteiger partial charge on any atom is 0.343 e. The summed E-state index contributed by atoms with van der Waals surface area (Å²) in [6, 6.07) is 18.3. The Balaban J connectivity index is 1.65. The maximum absolute atomic E-state index is 12.4. The van der Waals surface area contributed by atoms with Crippen molar-refractivity contribution >= 4 is 29.4 Å². The molecule has 0 spiro atoms. The summed E-state index contributed by atoms with van der Waals surface area (Å²) in [5.41, 5.74) is 1.68. The number of esters is 1. The zero-order valence-corrected chi connectivity index (χ0v) is 17.2. The van der Waals surface area contributed by atoms with Crippen molar-refractivity contribution in [2.45, 2.75) is 0 Å². The second-order valence-electron chi connectivity index (χ2n) is 6.23. The quantitative estimate of drug-likeness (QED) is 0.218. The SMILES string of the molecule is COc1ccc(C(=O)Oc2ccc(/C=C/C(=O)c3ccc(Cl)cc3)cc2)cc1OC. The Kier molecular flexibility index (Phi) is 6.88. The molecule has 0 aliphatic heterocycles. The van der Waals surface area contributed by atoms with Crippen LogP contribution in [0.2, 0.25) is 5.02 Å². The number of allylic oxidation sites excluding steroid dienone is 1. The van der Waals surface area contributed by atoms with Crippen LogP contribution >= 0.6 is 11.6 Å². The normalized spacial score (nSPS) is 10.6. The average Bonchev–Trinajstić information content (AvgIpc) is 2.78. The van der Waals surface area contributed by atoms with Crippen molar-refractivity contribution in [3.8, 4) is 17.2 Å². The number of halogens is 1. The van der Waals surface area contributed by atoms with Crippen LogP contribution in [-0.2, 0) is 0 Å². The first-order valence-corrected chi connectivity index (χ1v) is 9.40. The van der Waals surface area contributed by atoms with Crippen LogP contribution in [0, 0.1) is 0 Å². The van der Waals surface area contributed by atoms with Crippen molar-refractivity contribution < 1.29 is 23.8 Å². The Hall–Kier alpha value is -3.57. The molecule has 30 heavy (non-hydrogen) atoms. The second kappa shape index (κ2) is 9.76. The third-order valence-corrected chi connectivity index (χ3v) is 4.52. The van der Waals surface area contributed by atoms with Crippen molar-refractivity contribution in [1.82, 2.24) is 0 Å². The van der Waals surface area contributed by atoms with E-state index < -0.39 is 5.97 Å². The molecule has 152 valence electrons. The second-order valence-corrected chi connectivity index (χ2v) is 6.67. The minimum absolute atomic E-state index is 0.129. The molecule has 5 nitrogen and oxygen atoms in total. The average molecular weight is 423 g/mol. The Labute approximate surface area is 179 Å². The van der Waals surface area contributed by atoms with E-state index in [1.54, 1.807) is 72.8 Å². The largest absolute Gasteiger partial charge is 0.493 e. The zero-order valence-electron chi connectivity index (χ0n) is 16.4. The Morgan fingerprint density at radius 1 is 0.800 bits per heavy atom. The smallest absolute Gasteiger partial charge is 0.343 e. The van der Waals surface area contributed by atoms with Gasteiger partial charge in [-0.05, 0) is 66.2 Å². The fraction of sp³-hybridized carbons (Fsp3) is 0.0833. The van der Waals surface area contributed by atoms with Crippen LogP contribution in [0.4, 0.5) is 0 Å². The van der Waals surface area contributed by atoms with Gasteiger partial charge in [-0.1, -0.05) is 29.8 Å². The molecule has 3 aromatic rings. The molecule has 0 heterocycles. The topological polar surface area (TPSA) is 61.8 Å². The minimum Gasteiger partial charge on any atom is -0.493 e. The molecule has 0 amide bonds. The van der Waals surface area contributed by atoms with Crippen molar-refractivity contribution in [2.24, 2.45) is 0 Å². The molecule has 0 unspecified atom stereocenters. The fourth-order valence-electron chi connectivity index (χ4n) is 2.66. The predicted molar refractivity (Wildman–Crippen MR) is 116 cm³/mol. The lowest BCUT2D eigenvalue weighted by Crippen LogP contribution is -2.08. The molecule has 0 radical (unpaired) electrons. The van der Waals surface area contributed by atoms with Crippen LogP contribution in [0.1, 0.15) is 26.3 Å². The van der Waals surface area contributed by atoms with Gasteiger partial charge < -0.3 is 14.2 Å². The summed E-state index contributed by atoms with van der Waals surface area (Å²) in [6.07, 6.45) is 3.17. The first kappa shape index (κ1) is 21.1. The molecule has 6 heteroatoms. The molecule has 0 bridgehead atoms. The van der Waals surface area contributed by atoms with Gasteiger partial charge in [0.25, 0.3) is 0 Å². The molecule has 0 fully saturated rings. The third kappa shape index (κ3) is 5.27. The van der Waals surface area contributed by atoms with E-state index in [1.807, 2.05) is 0 Å². The molecular formula is C24H19ClO5. The van der Waals surface area contributed by atoms with Crippen molar-refractivity contribution in [3.63, 3.8) is 0 Å². The zero-order chi connectivity index (χ0) is 21.5. The number of methoxy groups -OCH3 is 2. The molecule has 0 aliphatic rings. The van der Waals surface area contributed by atoms with Gasteiger partial charge in [0.2, 0.25) is 0 Å². The number of rotatable bonds is 7. The highest BCUT2D eigenvalue weighted by Crippen LogP contribution is 2.28. The number of hydrogen-bond acceptors (Lipinski definition) is 5. The summed E-state index contributed by atoms with van der Waals surface area (Å²) in [7, 11) is 3.02. The highest BCUT2D eigenvalue weighted by Gasteiger charge is 2.13. The first-order valence-electron chi connectivity index (χ1n) is 9.02. The molecule has 0 N–H and O–H groups in total. The van der Waals surface area contributed by atoms with Gasteiger partial charge in [0.1, 0.15) is 5.75 Å². The van der Waals surface area contributed by atoms with Crippen LogP contribution < -0.4 is 14.2 Å². The fourth-order valence-corrected chi connectivity index (χ4v) is 2.78. The highest BCUT2D eigenvalue weighted by molar-refractivity contribution is 6.30. The number of carbonyl (C=O) groups excluding carboxylic acids is 2. The van der Waals surface area contributed by atoms with E-state index in [4.69, 9.17) is 25.8 Å². The molecular weight excluding hydrogens is 404 g/mol. The van der Waals surface area contributed by atoms with E-state index in [-0.39, 0.29) is 5.78 Å². The number of carbonyl (C=O) groups is 2. The molecule has 0 aliphatic carbocycles. The lowest BCUT2D eigenvalue weighted by molar-refractivity contribution is 0.0734. The lowest BCUT2D eigenvalue weighted by Gasteiger charge is -2.09. The van der Waals surface area contributed by atoms with Crippen molar-refractivity contribution in [3.05, 3.63) is 94.5 Å². The number of ether oxygens (including phenoxy) is 3. The van der Waals surface area contributed by atoms with Crippen molar-refractivity contribution in [1.29, 1.82) is 0 Å². The third-order valence-electron chi connectivity index (χ3n) is 4.27. The molecule has 0 aromatic heterocycles.